The summed E-state index contributed by atoms with van der Waals surface area (Å²) in [4.78, 5) is 154. The normalized spacial score (nSPS) is 16.8. The number of fused-ring (bicyclic) bond motifs is 14. The second kappa shape index (κ2) is 27.4. The van der Waals surface area contributed by atoms with Crippen molar-refractivity contribution in [2.45, 2.75) is 63.9 Å². The van der Waals surface area contributed by atoms with Gasteiger partial charge in [0.05, 0.1) is 29.9 Å². The number of primary amides is 1. The number of carbonyl (C=O) groups is 9. The molecule has 32 heteroatoms. The Morgan fingerprint density at radius 3 is 1.95 bits per heavy atom. The van der Waals surface area contributed by atoms with Crippen LogP contribution in [0.2, 0.25) is 0 Å². The minimum absolute atomic E-state index is 0.0398. The van der Waals surface area contributed by atoms with Gasteiger partial charge in [0.2, 0.25) is 11.8 Å². The van der Waals surface area contributed by atoms with Crippen LogP contribution in [0.1, 0.15) is 117 Å². The summed E-state index contributed by atoms with van der Waals surface area (Å²) in [5.74, 6) is -8.42. The van der Waals surface area contributed by atoms with Crippen LogP contribution in [0.3, 0.4) is 0 Å². The highest BCUT2D eigenvalue weighted by atomic mass is 32.1. The average molecular weight is 1340 g/mol. The Morgan fingerprint density at radius 1 is 0.626 bits per heavy atom. The van der Waals surface area contributed by atoms with E-state index in [1.165, 1.54) is 46.5 Å². The Kier molecular flexibility index (Phi) is 19.3. The lowest BCUT2D eigenvalue weighted by Gasteiger charge is -2.25. The smallest absolute Gasteiger partial charge is 0.351 e. The lowest BCUT2D eigenvalue weighted by Crippen LogP contribution is -2.50. The standard InChI is InChI=1S/C59H50N14O12S6/c1-24(27(4)74)42-57-70-40(23-90-57)55-66-36(19-87-55)44-32(15-16-33(63-44)54-68-37(21-88-54)49(80)61-25(2)47(78)62-26(3)59(84)85)53-67-38(20-86-53)51(82)65-35(18-41(60)76)56-73-43(28(5)91-56)52(83)72-45(46(77)30-9-7-6-8-10-30)58-69-39(22-89-58)50(81)64-34(48(79)71-42)17-29-11-13-31(75)14-12-29/h6-16,19-24,34-35,42,45-46,75,77H,2-3,17-18H2,1,4-5H3,(H2,60,76)(H,61,80)(H,62,78)(H,64,81)(H,65,82)(H,71,79)(H,72,83)(H,84,85). The monoisotopic (exact) mass is 1340 g/mol. The number of nitrogens with zero attached hydrogens (tertiary/aromatic N) is 7. The van der Waals surface area contributed by atoms with Gasteiger partial charge in [0, 0.05) is 49.7 Å². The number of aliphatic carboxylic acids is 1. The van der Waals surface area contributed by atoms with E-state index in [1.807, 2.05) is 5.32 Å². The lowest BCUT2D eigenvalue weighted by molar-refractivity contribution is -0.134. The van der Waals surface area contributed by atoms with E-state index in [4.69, 9.17) is 30.8 Å². The van der Waals surface area contributed by atoms with Crippen molar-refractivity contribution in [3.63, 3.8) is 0 Å². The largest absolute Gasteiger partial charge is 0.508 e. The van der Waals surface area contributed by atoms with Crippen molar-refractivity contribution in [3.8, 4) is 49.1 Å². The summed E-state index contributed by atoms with van der Waals surface area (Å²) in [7, 11) is 0. The molecule has 9 aromatic rings. The number of rotatable bonds is 14. The molecule has 0 spiro atoms. The molecule has 10 bridgehead atoms. The van der Waals surface area contributed by atoms with Gasteiger partial charge in [-0.15, -0.1) is 68.0 Å². The van der Waals surface area contributed by atoms with Crippen LogP contribution in [-0.2, 0) is 30.4 Å². The lowest BCUT2D eigenvalue weighted by atomic mass is 9.97. The van der Waals surface area contributed by atoms with Crippen LogP contribution in [0, 0.1) is 12.8 Å². The van der Waals surface area contributed by atoms with Crippen LogP contribution < -0.4 is 37.6 Å². The summed E-state index contributed by atoms with van der Waals surface area (Å²) < 4.78 is 0. The number of aryl methyl sites for hydroxylation is 1. The van der Waals surface area contributed by atoms with Gasteiger partial charge in [0.15, 0.2) is 0 Å². The molecule has 7 amide bonds. The number of aliphatic hydroxyl groups excluding tert-OH is 1. The van der Waals surface area contributed by atoms with Gasteiger partial charge in [-0.1, -0.05) is 62.5 Å². The van der Waals surface area contributed by atoms with Gasteiger partial charge in [-0.05, 0) is 49.2 Å². The molecule has 7 aromatic heterocycles. The topological polar surface area (TPSA) is 403 Å². The molecule has 0 fully saturated rings. The second-order valence-electron chi connectivity index (χ2n) is 20.3. The zero-order valence-electron chi connectivity index (χ0n) is 47.7. The summed E-state index contributed by atoms with van der Waals surface area (Å²) in [6.45, 7) is 11.3. The van der Waals surface area contributed by atoms with E-state index in [0.29, 0.717) is 43.0 Å². The summed E-state index contributed by atoms with van der Waals surface area (Å²) in [6, 6.07) is 12.8. The van der Waals surface area contributed by atoms with Crippen molar-refractivity contribution >= 4 is 121 Å². The van der Waals surface area contributed by atoms with E-state index in [2.05, 4.69) is 54.7 Å². The maximum absolute atomic E-state index is 14.8. The highest BCUT2D eigenvalue weighted by Crippen LogP contribution is 2.40. The molecule has 2 aromatic carbocycles. The van der Waals surface area contributed by atoms with E-state index in [1.54, 1.807) is 79.2 Å². The Morgan fingerprint density at radius 2 is 1.24 bits per heavy atom. The highest BCUT2D eigenvalue weighted by Gasteiger charge is 2.35. The van der Waals surface area contributed by atoms with Gasteiger partial charge in [0.25, 0.3) is 29.5 Å². The molecular formula is C59H50N14O12S6. The van der Waals surface area contributed by atoms with E-state index < -0.39 is 101 Å². The van der Waals surface area contributed by atoms with Gasteiger partial charge >= 0.3 is 5.97 Å². The molecule has 1 aliphatic heterocycles. The van der Waals surface area contributed by atoms with Crippen molar-refractivity contribution in [3.05, 3.63) is 172 Å². The zero-order valence-corrected chi connectivity index (χ0v) is 52.6. The third-order valence-corrected chi connectivity index (χ3v) is 19.4. The maximum Gasteiger partial charge on any atom is 0.351 e. The van der Waals surface area contributed by atoms with Gasteiger partial charge in [-0.25, -0.2) is 39.7 Å². The SMILES string of the molecule is C=C(NC(=O)C(=C)NC(=O)c1csc(-c2ccc3c(n2)-c2csc(n2)-c2csc(n2)C(C(C)C(C)=O)NC(=O)C(Cc2ccc(O)cc2)NC(=O)c2csc(n2)C(C(O)c2ccccc2)NC(=O)c2nc(sc2C)C(CC(N)=O)NC(=O)c2csc-3n2)n1)C(=O)O. The van der Waals surface area contributed by atoms with E-state index in [-0.39, 0.29) is 72.1 Å². The van der Waals surface area contributed by atoms with Crippen LogP contribution >= 0.6 is 68.0 Å². The average Bonchev–Trinajstić information content (AvgIpc) is 1.72. The Hall–Kier alpha value is -9.96. The number of aromatic nitrogens is 7. The van der Waals surface area contributed by atoms with Crippen LogP contribution in [0.15, 0.2) is 118 Å². The van der Waals surface area contributed by atoms with Gasteiger partial charge in [-0.2, -0.15) is 0 Å². The molecule has 8 heterocycles. The summed E-state index contributed by atoms with van der Waals surface area (Å²) in [5.41, 5.74) is 6.49. The number of hydrogen-bond donors (Lipinski definition) is 10. The molecule has 1 aliphatic rings. The fourth-order valence-corrected chi connectivity index (χ4v) is 14.2. The molecule has 0 saturated carbocycles. The van der Waals surface area contributed by atoms with Crippen molar-refractivity contribution in [2.75, 3.05) is 0 Å². The molecule has 11 N–H and O–H groups in total. The Balaban J connectivity index is 1.05. The molecule has 0 radical (unpaired) electrons. The predicted octanol–water partition coefficient (Wildman–Crippen LogP) is 6.75. The fourth-order valence-electron chi connectivity index (χ4n) is 8.97. The number of benzene rings is 2. The summed E-state index contributed by atoms with van der Waals surface area (Å²) >= 11 is 6.38. The van der Waals surface area contributed by atoms with Crippen LogP contribution in [-0.4, -0.2) is 109 Å². The molecule has 464 valence electrons. The Labute approximate surface area is 539 Å². The third-order valence-electron chi connectivity index (χ3n) is 13.9. The highest BCUT2D eigenvalue weighted by molar-refractivity contribution is 7.15. The molecule has 91 heavy (non-hydrogen) atoms. The number of carboxylic acids is 1. The van der Waals surface area contributed by atoms with Crippen molar-refractivity contribution in [1.29, 1.82) is 0 Å². The van der Waals surface area contributed by atoms with Gasteiger partial charge in [-0.3, -0.25) is 38.4 Å². The maximum atomic E-state index is 14.8. The number of thiazole rings is 6. The molecule has 6 atom stereocenters. The number of nitrogens with two attached hydrogens (primary N) is 1. The second-order valence-corrected chi connectivity index (χ2v) is 25.8. The van der Waals surface area contributed by atoms with Crippen LogP contribution in [0.25, 0.3) is 43.4 Å². The number of carboxylic acid groups (broad SMARTS) is 1. The van der Waals surface area contributed by atoms with Crippen LogP contribution in [0.5, 0.6) is 5.75 Å². The number of ketones is 1. The number of aromatic hydroxyl groups is 1. The number of nitrogens with one attached hydrogen (secondary N) is 6. The number of carbonyl (C=O) groups excluding carboxylic acids is 8. The van der Waals surface area contributed by atoms with E-state index >= 15 is 0 Å². The van der Waals surface area contributed by atoms with E-state index in [9.17, 15) is 53.4 Å². The number of hydrogen-bond acceptors (Lipinski definition) is 24. The van der Waals surface area contributed by atoms with Crippen molar-refractivity contribution < 1.29 is 58.5 Å². The van der Waals surface area contributed by atoms with Crippen LogP contribution in [0.4, 0.5) is 0 Å². The number of Topliss-reactive ketones (excluding diaryl/α,β-unsaturated/α-hetero) is 1. The quantitative estimate of drug-likeness (QED) is 0.0503. The molecule has 0 aliphatic carbocycles. The predicted molar refractivity (Wildman–Crippen MR) is 339 cm³/mol. The number of amides is 7. The van der Waals surface area contributed by atoms with Gasteiger partial charge in [0.1, 0.15) is 105 Å². The summed E-state index contributed by atoms with van der Waals surface area (Å²) in [6.07, 6.45) is -1.99. The first-order valence-corrected chi connectivity index (χ1v) is 32.2. The minimum Gasteiger partial charge on any atom is -0.508 e. The first kappa shape index (κ1) is 64.0. The Bertz CT molecular complexity index is 4380. The molecule has 10 rings (SSSR count). The number of phenols is 1. The van der Waals surface area contributed by atoms with Crippen molar-refractivity contribution in [1.82, 2.24) is 66.8 Å². The zero-order chi connectivity index (χ0) is 64.9. The van der Waals surface area contributed by atoms with E-state index in [0.717, 1.165) is 56.7 Å². The molecule has 26 nitrogen and oxygen atoms in total. The number of aliphatic hydroxyl groups is 1. The number of phenolic OH excluding ortho intramolecular Hbond substituents is 1. The fraction of sp³-hybridized carbons (Fsp3) is 0.186. The first-order valence-electron chi connectivity index (χ1n) is 27.0. The molecule has 6 unspecified atom stereocenters. The van der Waals surface area contributed by atoms with Gasteiger partial charge < -0.3 is 53.0 Å². The van der Waals surface area contributed by atoms with Crippen molar-refractivity contribution in [2.24, 2.45) is 11.7 Å². The first-order chi connectivity index (χ1) is 43.5. The molecular weight excluding hydrogens is 1290 g/mol. The summed E-state index contributed by atoms with van der Waals surface area (Å²) in [5, 5.41) is 56.0. The minimum atomic E-state index is -1.49. The molecule has 0 saturated heterocycles. The number of pyridine rings is 1. The third kappa shape index (κ3) is 14.7.